The van der Waals surface area contributed by atoms with Crippen LogP contribution in [0.5, 0.6) is 0 Å². The fourth-order valence-electron chi connectivity index (χ4n) is 2.55. The van der Waals surface area contributed by atoms with Crippen molar-refractivity contribution in [2.45, 2.75) is 32.2 Å². The van der Waals surface area contributed by atoms with Crippen molar-refractivity contribution in [1.29, 1.82) is 0 Å². The first-order valence-electron chi connectivity index (χ1n) is 6.90. The molecule has 0 aliphatic carbocycles. The summed E-state index contributed by atoms with van der Waals surface area (Å²) < 4.78 is 0. The van der Waals surface area contributed by atoms with Crippen LogP contribution in [-0.4, -0.2) is 39.3 Å². The molecule has 3 heterocycles. The Morgan fingerprint density at radius 1 is 1.35 bits per heavy atom. The number of thiazole rings is 1. The quantitative estimate of drug-likeness (QED) is 0.939. The van der Waals surface area contributed by atoms with Crippen molar-refractivity contribution in [1.82, 2.24) is 15.0 Å². The zero-order valence-corrected chi connectivity index (χ0v) is 12.3. The Bertz CT molecular complexity index is 569. The molecule has 0 aromatic carbocycles. The van der Waals surface area contributed by atoms with Gasteiger partial charge in [-0.2, -0.15) is 0 Å². The summed E-state index contributed by atoms with van der Waals surface area (Å²) in [5.74, 6) is 0.708. The van der Waals surface area contributed by atoms with Gasteiger partial charge in [0.25, 0.3) is 0 Å². The lowest BCUT2D eigenvalue weighted by molar-refractivity contribution is 0.239. The van der Waals surface area contributed by atoms with Gasteiger partial charge in [0, 0.05) is 29.9 Å². The molecule has 0 spiro atoms. The average Bonchev–Trinajstić information content (AvgIpc) is 2.94. The summed E-state index contributed by atoms with van der Waals surface area (Å²) in [6.07, 6.45) is 6.94. The lowest BCUT2D eigenvalue weighted by Crippen LogP contribution is -2.42. The van der Waals surface area contributed by atoms with Crippen molar-refractivity contribution in [3.05, 3.63) is 22.8 Å². The van der Waals surface area contributed by atoms with Crippen molar-refractivity contribution in [3.63, 3.8) is 0 Å². The number of aryl methyl sites for hydroxylation is 1. The van der Waals surface area contributed by atoms with Crippen LogP contribution in [0.15, 0.2) is 17.8 Å². The minimum Gasteiger partial charge on any atom is -0.394 e. The van der Waals surface area contributed by atoms with Crippen molar-refractivity contribution < 1.29 is 5.11 Å². The number of aliphatic hydroxyl groups excluding tert-OH is 1. The molecular formula is C14H18N4OS. The van der Waals surface area contributed by atoms with Gasteiger partial charge in [-0.1, -0.05) is 0 Å². The molecule has 0 radical (unpaired) electrons. The molecule has 0 bridgehead atoms. The molecule has 2 aromatic heterocycles. The first-order valence-corrected chi connectivity index (χ1v) is 7.78. The Balaban J connectivity index is 1.81. The minimum absolute atomic E-state index is 0.149. The molecule has 0 saturated carbocycles. The number of anilines is 1. The molecule has 0 amide bonds. The standard InChI is InChI=1S/C14H18N4OS/c1-10-17-13(9-20-10)11-6-15-14(16-7-11)18-5-3-2-4-12(18)8-19/h6-7,9,12,19H,2-5,8H2,1H3. The third-order valence-corrected chi connectivity index (χ3v) is 4.42. The van der Waals surface area contributed by atoms with Crippen LogP contribution in [-0.2, 0) is 0 Å². The second kappa shape index (κ2) is 5.85. The van der Waals surface area contributed by atoms with Crippen LogP contribution in [0.3, 0.4) is 0 Å². The van der Waals surface area contributed by atoms with E-state index in [2.05, 4.69) is 19.9 Å². The van der Waals surface area contributed by atoms with Gasteiger partial charge in [0.2, 0.25) is 5.95 Å². The molecule has 5 nitrogen and oxygen atoms in total. The van der Waals surface area contributed by atoms with Gasteiger partial charge >= 0.3 is 0 Å². The van der Waals surface area contributed by atoms with Crippen molar-refractivity contribution in [2.75, 3.05) is 18.1 Å². The lowest BCUT2D eigenvalue weighted by atomic mass is 10.0. The number of aromatic nitrogens is 3. The number of nitrogens with zero attached hydrogens (tertiary/aromatic N) is 4. The first kappa shape index (κ1) is 13.5. The van der Waals surface area contributed by atoms with E-state index in [1.54, 1.807) is 11.3 Å². The van der Waals surface area contributed by atoms with E-state index in [-0.39, 0.29) is 12.6 Å². The molecule has 3 rings (SSSR count). The molecule has 1 atom stereocenters. The van der Waals surface area contributed by atoms with E-state index in [0.29, 0.717) is 5.95 Å². The van der Waals surface area contributed by atoms with Gasteiger partial charge in [-0.25, -0.2) is 15.0 Å². The monoisotopic (exact) mass is 290 g/mol. The summed E-state index contributed by atoms with van der Waals surface area (Å²) >= 11 is 1.63. The van der Waals surface area contributed by atoms with Gasteiger partial charge in [0.1, 0.15) is 0 Å². The number of hydrogen-bond donors (Lipinski definition) is 1. The van der Waals surface area contributed by atoms with Crippen LogP contribution in [0.4, 0.5) is 5.95 Å². The van der Waals surface area contributed by atoms with Gasteiger partial charge in [0.05, 0.1) is 23.4 Å². The summed E-state index contributed by atoms with van der Waals surface area (Å²) in [7, 11) is 0. The molecule has 1 aliphatic heterocycles. The Morgan fingerprint density at radius 2 is 2.15 bits per heavy atom. The van der Waals surface area contributed by atoms with Gasteiger partial charge in [0.15, 0.2) is 0 Å². The highest BCUT2D eigenvalue weighted by atomic mass is 32.1. The second-order valence-corrected chi connectivity index (χ2v) is 6.11. The van der Waals surface area contributed by atoms with Crippen LogP contribution < -0.4 is 4.90 Å². The number of hydrogen-bond acceptors (Lipinski definition) is 6. The Morgan fingerprint density at radius 3 is 2.80 bits per heavy atom. The molecule has 6 heteroatoms. The number of piperidine rings is 1. The van der Waals surface area contributed by atoms with Crippen LogP contribution in [0.2, 0.25) is 0 Å². The summed E-state index contributed by atoms with van der Waals surface area (Å²) in [4.78, 5) is 15.5. The summed E-state index contributed by atoms with van der Waals surface area (Å²) in [6, 6.07) is 0.149. The first-order chi connectivity index (χ1) is 9.78. The zero-order chi connectivity index (χ0) is 13.9. The highest BCUT2D eigenvalue weighted by Crippen LogP contribution is 2.24. The third kappa shape index (κ3) is 2.66. The maximum atomic E-state index is 9.45. The normalized spacial score (nSPS) is 19.3. The van der Waals surface area contributed by atoms with E-state index in [1.807, 2.05) is 24.7 Å². The largest absolute Gasteiger partial charge is 0.394 e. The molecule has 1 fully saturated rings. The maximum absolute atomic E-state index is 9.45. The van der Waals surface area contributed by atoms with Crippen molar-refractivity contribution in [3.8, 4) is 11.3 Å². The summed E-state index contributed by atoms with van der Waals surface area (Å²) in [5, 5.41) is 12.5. The fourth-order valence-corrected chi connectivity index (χ4v) is 3.17. The van der Waals surface area contributed by atoms with Gasteiger partial charge < -0.3 is 10.0 Å². The number of rotatable bonds is 3. The second-order valence-electron chi connectivity index (χ2n) is 5.05. The van der Waals surface area contributed by atoms with E-state index < -0.39 is 0 Å². The van der Waals surface area contributed by atoms with Crippen LogP contribution in [0.25, 0.3) is 11.3 Å². The van der Waals surface area contributed by atoms with Crippen LogP contribution in [0, 0.1) is 6.92 Å². The van der Waals surface area contributed by atoms with Crippen molar-refractivity contribution in [2.24, 2.45) is 0 Å². The molecule has 1 unspecified atom stereocenters. The Labute approximate surface area is 122 Å². The molecule has 1 N–H and O–H groups in total. The zero-order valence-electron chi connectivity index (χ0n) is 11.5. The van der Waals surface area contributed by atoms with Crippen LogP contribution >= 0.6 is 11.3 Å². The maximum Gasteiger partial charge on any atom is 0.225 e. The molecule has 1 saturated heterocycles. The molecular weight excluding hydrogens is 272 g/mol. The molecule has 20 heavy (non-hydrogen) atoms. The van der Waals surface area contributed by atoms with Gasteiger partial charge in [-0.3, -0.25) is 0 Å². The van der Waals surface area contributed by atoms with E-state index >= 15 is 0 Å². The third-order valence-electron chi connectivity index (χ3n) is 3.65. The topological polar surface area (TPSA) is 62.1 Å². The molecule has 1 aliphatic rings. The summed E-state index contributed by atoms with van der Waals surface area (Å²) in [6.45, 7) is 3.07. The lowest BCUT2D eigenvalue weighted by Gasteiger charge is -2.34. The average molecular weight is 290 g/mol. The highest BCUT2D eigenvalue weighted by molar-refractivity contribution is 7.09. The highest BCUT2D eigenvalue weighted by Gasteiger charge is 2.23. The fraction of sp³-hybridized carbons (Fsp3) is 0.500. The van der Waals surface area contributed by atoms with E-state index in [4.69, 9.17) is 0 Å². The van der Waals surface area contributed by atoms with Crippen LogP contribution in [0.1, 0.15) is 24.3 Å². The smallest absolute Gasteiger partial charge is 0.225 e. The molecule has 106 valence electrons. The van der Waals surface area contributed by atoms with Gasteiger partial charge in [-0.15, -0.1) is 11.3 Å². The van der Waals surface area contributed by atoms with E-state index in [1.165, 1.54) is 0 Å². The SMILES string of the molecule is Cc1nc(-c2cnc(N3CCCCC3CO)nc2)cs1. The minimum atomic E-state index is 0.149. The Kier molecular flexibility index (Phi) is 3.93. The predicted octanol–water partition coefficient (Wildman–Crippen LogP) is 2.26. The van der Waals surface area contributed by atoms with E-state index in [9.17, 15) is 5.11 Å². The van der Waals surface area contributed by atoms with Crippen molar-refractivity contribution >= 4 is 17.3 Å². The molecule has 2 aromatic rings. The number of aliphatic hydroxyl groups is 1. The predicted molar refractivity (Wildman–Crippen MR) is 79.9 cm³/mol. The summed E-state index contributed by atoms with van der Waals surface area (Å²) in [5.41, 5.74) is 1.87. The van der Waals surface area contributed by atoms with Gasteiger partial charge in [-0.05, 0) is 26.2 Å². The Hall–Kier alpha value is -1.53. The van der Waals surface area contributed by atoms with E-state index in [0.717, 1.165) is 42.1 Å².